The van der Waals surface area contributed by atoms with Gasteiger partial charge in [0.2, 0.25) is 0 Å². The normalized spacial score (nSPS) is 12.3. The molecule has 0 bridgehead atoms. The summed E-state index contributed by atoms with van der Waals surface area (Å²) in [5.74, 6) is 0.902. The van der Waals surface area contributed by atoms with Crippen LogP contribution < -0.4 is 10.1 Å². The summed E-state index contributed by atoms with van der Waals surface area (Å²) in [6.07, 6.45) is 0.195. The minimum atomic E-state index is 0.195. The molecule has 1 atom stereocenters. The molecule has 0 saturated heterocycles. The second kappa shape index (κ2) is 6.86. The molecule has 1 unspecified atom stereocenters. The lowest BCUT2D eigenvalue weighted by Gasteiger charge is -2.17. The summed E-state index contributed by atoms with van der Waals surface area (Å²) < 4.78 is 5.66. The van der Waals surface area contributed by atoms with Gasteiger partial charge in [-0.2, -0.15) is 0 Å². The molecule has 3 heteroatoms. The Bertz CT molecular complexity index is 593. The van der Waals surface area contributed by atoms with Gasteiger partial charge in [0.15, 0.2) is 0 Å². The van der Waals surface area contributed by atoms with Crippen LogP contribution in [0.4, 0.5) is 5.69 Å². The molecule has 0 fully saturated rings. The Morgan fingerprint density at radius 2 is 1.67 bits per heavy atom. The van der Waals surface area contributed by atoms with Gasteiger partial charge in [-0.05, 0) is 63.1 Å². The van der Waals surface area contributed by atoms with Crippen molar-refractivity contribution in [2.45, 2.75) is 39.8 Å². The fourth-order valence-electron chi connectivity index (χ4n) is 2.12. The SMILES string of the molecule is Cc1ccc(NC(C)c2ccc(OC(C)C)cc2)cc1Cl. The van der Waals surface area contributed by atoms with Gasteiger partial charge >= 0.3 is 0 Å². The van der Waals surface area contributed by atoms with Gasteiger partial charge in [0.1, 0.15) is 5.75 Å². The number of nitrogens with one attached hydrogen (secondary N) is 1. The van der Waals surface area contributed by atoms with E-state index in [4.69, 9.17) is 16.3 Å². The lowest BCUT2D eigenvalue weighted by molar-refractivity contribution is 0.242. The summed E-state index contributed by atoms with van der Waals surface area (Å²) in [4.78, 5) is 0. The average molecular weight is 304 g/mol. The van der Waals surface area contributed by atoms with Crippen molar-refractivity contribution in [3.63, 3.8) is 0 Å². The molecule has 0 amide bonds. The van der Waals surface area contributed by atoms with Gasteiger partial charge in [0.25, 0.3) is 0 Å². The van der Waals surface area contributed by atoms with Crippen LogP contribution >= 0.6 is 11.6 Å². The predicted octanol–water partition coefficient (Wildman–Crippen LogP) is 5.61. The van der Waals surface area contributed by atoms with Crippen molar-refractivity contribution in [3.05, 3.63) is 58.6 Å². The zero-order valence-corrected chi connectivity index (χ0v) is 13.7. The Balaban J connectivity index is 2.05. The first kappa shape index (κ1) is 15.7. The number of hydrogen-bond acceptors (Lipinski definition) is 2. The Kier molecular flexibility index (Phi) is 5.13. The summed E-state index contributed by atoms with van der Waals surface area (Å²) in [6, 6.07) is 14.4. The molecule has 0 aromatic heterocycles. The molecule has 0 spiro atoms. The number of benzene rings is 2. The van der Waals surface area contributed by atoms with Gasteiger partial charge in [0, 0.05) is 16.8 Å². The third-order valence-electron chi connectivity index (χ3n) is 3.31. The topological polar surface area (TPSA) is 21.3 Å². The first-order valence-electron chi connectivity index (χ1n) is 7.25. The number of rotatable bonds is 5. The van der Waals surface area contributed by atoms with Crippen LogP contribution in [0.1, 0.15) is 37.9 Å². The molecule has 21 heavy (non-hydrogen) atoms. The Labute approximate surface area is 132 Å². The summed E-state index contributed by atoms with van der Waals surface area (Å²) in [5.41, 5.74) is 3.33. The first-order chi connectivity index (χ1) is 9.95. The van der Waals surface area contributed by atoms with E-state index in [1.165, 1.54) is 5.56 Å². The zero-order chi connectivity index (χ0) is 15.4. The van der Waals surface area contributed by atoms with Crippen molar-refractivity contribution >= 4 is 17.3 Å². The maximum atomic E-state index is 6.16. The lowest BCUT2D eigenvalue weighted by Crippen LogP contribution is -2.08. The molecule has 0 aliphatic rings. The van der Waals surface area contributed by atoms with Gasteiger partial charge in [-0.25, -0.2) is 0 Å². The molecule has 2 aromatic rings. The van der Waals surface area contributed by atoms with Crippen LogP contribution in [0.2, 0.25) is 5.02 Å². The maximum absolute atomic E-state index is 6.16. The third-order valence-corrected chi connectivity index (χ3v) is 3.71. The number of ether oxygens (including phenoxy) is 1. The van der Waals surface area contributed by atoms with Crippen LogP contribution in [0.25, 0.3) is 0 Å². The molecule has 2 aromatic carbocycles. The largest absolute Gasteiger partial charge is 0.491 e. The van der Waals surface area contributed by atoms with E-state index in [2.05, 4.69) is 24.4 Å². The van der Waals surface area contributed by atoms with E-state index < -0.39 is 0 Å². The first-order valence-corrected chi connectivity index (χ1v) is 7.63. The second-order valence-corrected chi connectivity index (χ2v) is 5.97. The Morgan fingerprint density at radius 3 is 2.24 bits per heavy atom. The zero-order valence-electron chi connectivity index (χ0n) is 13.0. The van der Waals surface area contributed by atoms with E-state index in [0.717, 1.165) is 22.0 Å². The number of anilines is 1. The van der Waals surface area contributed by atoms with Crippen LogP contribution in [-0.2, 0) is 0 Å². The summed E-state index contributed by atoms with van der Waals surface area (Å²) in [7, 11) is 0. The fourth-order valence-corrected chi connectivity index (χ4v) is 2.30. The van der Waals surface area contributed by atoms with Gasteiger partial charge in [-0.1, -0.05) is 29.8 Å². The standard InChI is InChI=1S/C18H22ClNO/c1-12(2)21-17-9-6-15(7-10-17)14(4)20-16-8-5-13(3)18(19)11-16/h5-12,14,20H,1-4H3. The van der Waals surface area contributed by atoms with E-state index >= 15 is 0 Å². The Hall–Kier alpha value is -1.67. The predicted molar refractivity (Wildman–Crippen MR) is 90.4 cm³/mol. The maximum Gasteiger partial charge on any atom is 0.119 e. The quantitative estimate of drug-likeness (QED) is 0.775. The minimum Gasteiger partial charge on any atom is -0.491 e. The minimum absolute atomic E-state index is 0.195. The molecule has 0 radical (unpaired) electrons. The number of halogens is 1. The van der Waals surface area contributed by atoms with Gasteiger partial charge in [0.05, 0.1) is 6.10 Å². The molecule has 0 aliphatic carbocycles. The van der Waals surface area contributed by atoms with E-state index in [9.17, 15) is 0 Å². The van der Waals surface area contributed by atoms with Crippen LogP contribution in [0.3, 0.4) is 0 Å². The van der Waals surface area contributed by atoms with Crippen LogP contribution in [0.15, 0.2) is 42.5 Å². The molecule has 2 rings (SSSR count). The molecule has 0 aliphatic heterocycles. The van der Waals surface area contributed by atoms with Crippen molar-refractivity contribution in [2.75, 3.05) is 5.32 Å². The van der Waals surface area contributed by atoms with Crippen molar-refractivity contribution in [2.24, 2.45) is 0 Å². The van der Waals surface area contributed by atoms with Crippen molar-refractivity contribution in [1.82, 2.24) is 0 Å². The Morgan fingerprint density at radius 1 is 1.00 bits per heavy atom. The van der Waals surface area contributed by atoms with E-state index in [-0.39, 0.29) is 12.1 Å². The van der Waals surface area contributed by atoms with E-state index in [1.807, 2.05) is 51.1 Å². The smallest absolute Gasteiger partial charge is 0.119 e. The molecule has 2 nitrogen and oxygen atoms in total. The number of aryl methyl sites for hydroxylation is 1. The molecular formula is C18H22ClNO. The highest BCUT2D eigenvalue weighted by Gasteiger charge is 2.07. The molecule has 0 heterocycles. The highest BCUT2D eigenvalue weighted by molar-refractivity contribution is 6.31. The third kappa shape index (κ3) is 4.40. The van der Waals surface area contributed by atoms with Gasteiger partial charge in [-0.15, -0.1) is 0 Å². The number of hydrogen-bond donors (Lipinski definition) is 1. The lowest BCUT2D eigenvalue weighted by atomic mass is 10.1. The summed E-state index contributed by atoms with van der Waals surface area (Å²) >= 11 is 6.16. The summed E-state index contributed by atoms with van der Waals surface area (Å²) in [5, 5.41) is 4.25. The van der Waals surface area contributed by atoms with Crippen LogP contribution in [-0.4, -0.2) is 6.10 Å². The highest BCUT2D eigenvalue weighted by Crippen LogP contribution is 2.25. The van der Waals surface area contributed by atoms with Crippen molar-refractivity contribution < 1.29 is 4.74 Å². The van der Waals surface area contributed by atoms with Gasteiger partial charge in [-0.3, -0.25) is 0 Å². The molecule has 112 valence electrons. The molecule has 1 N–H and O–H groups in total. The average Bonchev–Trinajstić information content (AvgIpc) is 2.43. The summed E-state index contributed by atoms with van der Waals surface area (Å²) in [6.45, 7) is 8.19. The fraction of sp³-hybridized carbons (Fsp3) is 0.333. The van der Waals surface area contributed by atoms with Crippen molar-refractivity contribution in [1.29, 1.82) is 0 Å². The van der Waals surface area contributed by atoms with Crippen LogP contribution in [0, 0.1) is 6.92 Å². The van der Waals surface area contributed by atoms with Gasteiger partial charge < -0.3 is 10.1 Å². The monoisotopic (exact) mass is 303 g/mol. The highest BCUT2D eigenvalue weighted by atomic mass is 35.5. The molecular weight excluding hydrogens is 282 g/mol. The second-order valence-electron chi connectivity index (χ2n) is 5.57. The van der Waals surface area contributed by atoms with Crippen LogP contribution in [0.5, 0.6) is 5.75 Å². The van der Waals surface area contributed by atoms with E-state index in [1.54, 1.807) is 0 Å². The van der Waals surface area contributed by atoms with Crippen molar-refractivity contribution in [3.8, 4) is 5.75 Å². The van der Waals surface area contributed by atoms with E-state index in [0.29, 0.717) is 0 Å². The molecule has 0 saturated carbocycles.